The summed E-state index contributed by atoms with van der Waals surface area (Å²) in [6, 6.07) is 0.782. The van der Waals surface area contributed by atoms with Crippen LogP contribution in [0.15, 0.2) is 0 Å². The Labute approximate surface area is 104 Å². The average Bonchev–Trinajstić information content (AvgIpc) is 3.07. The average molecular weight is 239 g/mol. The van der Waals surface area contributed by atoms with Gasteiger partial charge in [0.1, 0.15) is 0 Å². The first-order valence-electron chi connectivity index (χ1n) is 6.94. The molecule has 0 unspecified atom stereocenters. The molecule has 0 spiro atoms. The van der Waals surface area contributed by atoms with Gasteiger partial charge in [-0.1, -0.05) is 13.3 Å². The third-order valence-electron chi connectivity index (χ3n) is 4.34. The zero-order chi connectivity index (χ0) is 12.3. The van der Waals surface area contributed by atoms with Crippen molar-refractivity contribution in [1.29, 1.82) is 0 Å². The van der Waals surface area contributed by atoms with Gasteiger partial charge in [0.15, 0.2) is 0 Å². The largest absolute Gasteiger partial charge is 0.354 e. The fourth-order valence-corrected chi connectivity index (χ4v) is 2.67. The molecule has 2 aliphatic rings. The normalized spacial score (nSPS) is 22.3. The molecule has 2 fully saturated rings. The molecule has 2 rings (SSSR count). The van der Waals surface area contributed by atoms with E-state index in [-0.39, 0.29) is 11.3 Å². The van der Waals surface area contributed by atoms with Crippen molar-refractivity contribution in [1.82, 2.24) is 10.2 Å². The fraction of sp³-hybridized carbons (Fsp3) is 0.923. The summed E-state index contributed by atoms with van der Waals surface area (Å²) >= 11 is 0. The molecular formula is C13H25N3O. The third kappa shape index (κ3) is 2.80. The number of rotatable bonds is 7. The lowest BCUT2D eigenvalue weighted by molar-refractivity contribution is -0.135. The minimum absolute atomic E-state index is 0.179. The molecule has 98 valence electrons. The van der Waals surface area contributed by atoms with Gasteiger partial charge in [-0.2, -0.15) is 0 Å². The van der Waals surface area contributed by atoms with Crippen molar-refractivity contribution in [2.75, 3.05) is 26.2 Å². The van der Waals surface area contributed by atoms with Crippen LogP contribution in [0.1, 0.15) is 39.0 Å². The highest BCUT2D eigenvalue weighted by atomic mass is 16.2. The van der Waals surface area contributed by atoms with Crippen LogP contribution >= 0.6 is 0 Å². The minimum Gasteiger partial charge on any atom is -0.354 e. The molecule has 4 nitrogen and oxygen atoms in total. The van der Waals surface area contributed by atoms with Gasteiger partial charge in [0, 0.05) is 25.7 Å². The lowest BCUT2D eigenvalue weighted by Crippen LogP contribution is -2.51. The Kier molecular flexibility index (Phi) is 4.05. The van der Waals surface area contributed by atoms with E-state index >= 15 is 0 Å². The lowest BCUT2D eigenvalue weighted by atomic mass is 9.68. The van der Waals surface area contributed by atoms with Gasteiger partial charge in [0.05, 0.1) is 5.41 Å². The minimum atomic E-state index is -0.226. The number of amides is 1. The first-order valence-corrected chi connectivity index (χ1v) is 6.94. The second kappa shape index (κ2) is 5.36. The molecule has 1 amide bonds. The highest BCUT2D eigenvalue weighted by Crippen LogP contribution is 2.39. The number of nitrogens with zero attached hydrogens (tertiary/aromatic N) is 1. The number of likely N-dealkylation sites (N-methyl/N-ethyl adjacent to an activating group) is 1. The van der Waals surface area contributed by atoms with Crippen molar-refractivity contribution < 1.29 is 4.79 Å². The summed E-state index contributed by atoms with van der Waals surface area (Å²) in [5.74, 6) is 0.179. The maximum atomic E-state index is 12.0. The monoisotopic (exact) mass is 239 g/mol. The number of hydrogen-bond acceptors (Lipinski definition) is 3. The van der Waals surface area contributed by atoms with Crippen LogP contribution in [-0.4, -0.2) is 43.0 Å². The van der Waals surface area contributed by atoms with Gasteiger partial charge in [-0.3, -0.25) is 9.69 Å². The van der Waals surface area contributed by atoms with Crippen molar-refractivity contribution in [2.45, 2.75) is 45.1 Å². The van der Waals surface area contributed by atoms with Crippen LogP contribution in [-0.2, 0) is 4.79 Å². The van der Waals surface area contributed by atoms with Crippen LogP contribution in [0.5, 0.6) is 0 Å². The van der Waals surface area contributed by atoms with Crippen LogP contribution in [0.2, 0.25) is 0 Å². The van der Waals surface area contributed by atoms with Crippen LogP contribution in [0.3, 0.4) is 0 Å². The molecule has 0 aliphatic heterocycles. The van der Waals surface area contributed by atoms with E-state index < -0.39 is 0 Å². The molecule has 0 aromatic heterocycles. The zero-order valence-electron chi connectivity index (χ0n) is 10.9. The number of carbonyl (C=O) groups excluding carboxylic acids is 1. The molecule has 4 heteroatoms. The molecule has 17 heavy (non-hydrogen) atoms. The summed E-state index contributed by atoms with van der Waals surface area (Å²) < 4.78 is 0. The molecule has 2 saturated carbocycles. The summed E-state index contributed by atoms with van der Waals surface area (Å²) in [5.41, 5.74) is 5.49. The molecule has 0 atom stereocenters. The maximum absolute atomic E-state index is 12.0. The zero-order valence-corrected chi connectivity index (χ0v) is 10.9. The number of hydrogen-bond donors (Lipinski definition) is 2. The van der Waals surface area contributed by atoms with Crippen molar-refractivity contribution in [3.8, 4) is 0 Å². The van der Waals surface area contributed by atoms with E-state index in [0.717, 1.165) is 44.9 Å². The number of carbonyl (C=O) groups is 1. The Hall–Kier alpha value is -0.610. The summed E-state index contributed by atoms with van der Waals surface area (Å²) in [4.78, 5) is 14.5. The molecular weight excluding hydrogens is 214 g/mol. The smallest absolute Gasteiger partial charge is 0.227 e. The maximum Gasteiger partial charge on any atom is 0.227 e. The third-order valence-corrected chi connectivity index (χ3v) is 4.34. The topological polar surface area (TPSA) is 58.4 Å². The number of nitrogens with two attached hydrogens (primary N) is 1. The molecule has 0 aromatic carbocycles. The molecule has 0 bridgehead atoms. The van der Waals surface area contributed by atoms with Gasteiger partial charge in [-0.15, -0.1) is 0 Å². The van der Waals surface area contributed by atoms with E-state index in [4.69, 9.17) is 5.73 Å². The van der Waals surface area contributed by atoms with Gasteiger partial charge in [0.2, 0.25) is 5.91 Å². The summed E-state index contributed by atoms with van der Waals surface area (Å²) in [5, 5.41) is 3.06. The highest BCUT2D eigenvalue weighted by molar-refractivity contribution is 5.83. The van der Waals surface area contributed by atoms with Gasteiger partial charge in [0.25, 0.3) is 0 Å². The van der Waals surface area contributed by atoms with E-state index in [1.165, 1.54) is 12.8 Å². The van der Waals surface area contributed by atoms with Crippen molar-refractivity contribution >= 4 is 5.91 Å². The first kappa shape index (κ1) is 12.8. The Morgan fingerprint density at radius 2 is 2.18 bits per heavy atom. The van der Waals surface area contributed by atoms with Gasteiger partial charge in [-0.05, 0) is 32.2 Å². The Bertz CT molecular complexity index is 266. The van der Waals surface area contributed by atoms with Crippen LogP contribution < -0.4 is 11.1 Å². The van der Waals surface area contributed by atoms with Gasteiger partial charge < -0.3 is 11.1 Å². The molecule has 0 heterocycles. The Morgan fingerprint density at radius 1 is 1.47 bits per heavy atom. The Morgan fingerprint density at radius 3 is 2.59 bits per heavy atom. The quantitative estimate of drug-likeness (QED) is 0.688. The Balaban J connectivity index is 1.68. The lowest BCUT2D eigenvalue weighted by Gasteiger charge is -2.39. The van der Waals surface area contributed by atoms with E-state index in [9.17, 15) is 4.79 Å². The van der Waals surface area contributed by atoms with Crippen molar-refractivity contribution in [3.05, 3.63) is 0 Å². The molecule has 2 aliphatic carbocycles. The second-order valence-corrected chi connectivity index (χ2v) is 5.45. The summed E-state index contributed by atoms with van der Waals surface area (Å²) in [6.45, 7) is 5.52. The van der Waals surface area contributed by atoms with Crippen molar-refractivity contribution in [2.24, 2.45) is 11.1 Å². The molecule has 0 radical (unpaired) electrons. The standard InChI is InChI=1S/C13H25N3O/c1-2-16(11-4-5-11)9-8-15-12(17)13(10-14)6-3-7-13/h11H,2-10,14H2,1H3,(H,15,17). The fourth-order valence-electron chi connectivity index (χ4n) is 2.67. The number of nitrogens with one attached hydrogen (secondary N) is 1. The molecule has 0 saturated heterocycles. The van der Waals surface area contributed by atoms with Gasteiger partial charge in [-0.25, -0.2) is 0 Å². The predicted molar refractivity (Wildman–Crippen MR) is 68.6 cm³/mol. The highest BCUT2D eigenvalue weighted by Gasteiger charge is 2.42. The van der Waals surface area contributed by atoms with Crippen LogP contribution in [0, 0.1) is 5.41 Å². The van der Waals surface area contributed by atoms with Crippen molar-refractivity contribution in [3.63, 3.8) is 0 Å². The second-order valence-electron chi connectivity index (χ2n) is 5.45. The molecule has 0 aromatic rings. The predicted octanol–water partition coefficient (Wildman–Crippen LogP) is 0.716. The van der Waals surface area contributed by atoms with Crippen LogP contribution in [0.4, 0.5) is 0 Å². The van der Waals surface area contributed by atoms with E-state index in [1.54, 1.807) is 0 Å². The summed E-state index contributed by atoms with van der Waals surface area (Å²) in [6.07, 6.45) is 5.74. The molecule has 3 N–H and O–H groups in total. The SMILES string of the molecule is CCN(CCNC(=O)C1(CN)CCC1)C1CC1. The summed E-state index contributed by atoms with van der Waals surface area (Å²) in [7, 11) is 0. The van der Waals surface area contributed by atoms with E-state index in [2.05, 4.69) is 17.1 Å². The van der Waals surface area contributed by atoms with Gasteiger partial charge >= 0.3 is 0 Å². The van der Waals surface area contributed by atoms with E-state index in [1.807, 2.05) is 0 Å². The first-order chi connectivity index (χ1) is 8.22. The van der Waals surface area contributed by atoms with Crippen LogP contribution in [0.25, 0.3) is 0 Å². The van der Waals surface area contributed by atoms with E-state index in [0.29, 0.717) is 6.54 Å².